The summed E-state index contributed by atoms with van der Waals surface area (Å²) in [6.45, 7) is 0. The predicted octanol–water partition coefficient (Wildman–Crippen LogP) is 3.37. The van der Waals surface area contributed by atoms with Crippen LogP contribution < -0.4 is 10.2 Å². The Kier molecular flexibility index (Phi) is 3.51. The Morgan fingerprint density at radius 2 is 1.81 bits per heavy atom. The molecule has 0 aliphatic carbocycles. The Morgan fingerprint density at radius 1 is 1.05 bits per heavy atom. The van der Waals surface area contributed by atoms with Crippen molar-refractivity contribution in [3.63, 3.8) is 0 Å². The average Bonchev–Trinajstić information content (AvgIpc) is 2.83. The highest BCUT2D eigenvalue weighted by Gasteiger charge is 2.06. The van der Waals surface area contributed by atoms with Crippen LogP contribution in [0.25, 0.3) is 23.1 Å². The number of nitrogens with zero attached hydrogens (tertiary/aromatic N) is 1. The molecule has 3 rings (SSSR count). The van der Waals surface area contributed by atoms with Crippen LogP contribution in [0.15, 0.2) is 57.8 Å². The zero-order chi connectivity index (χ0) is 14.7. The Balaban J connectivity index is 1.98. The van der Waals surface area contributed by atoms with Gasteiger partial charge in [0.25, 0.3) is 0 Å². The molecule has 0 fully saturated rings. The number of rotatable bonds is 3. The van der Waals surface area contributed by atoms with Crippen LogP contribution in [0.3, 0.4) is 0 Å². The van der Waals surface area contributed by atoms with E-state index in [0.29, 0.717) is 11.1 Å². The van der Waals surface area contributed by atoms with Gasteiger partial charge >= 0.3 is 0 Å². The summed E-state index contributed by atoms with van der Waals surface area (Å²) in [6.07, 6.45) is 3.74. The van der Waals surface area contributed by atoms with E-state index in [4.69, 9.17) is 9.26 Å². The van der Waals surface area contributed by atoms with E-state index in [1.54, 1.807) is 19.2 Å². The molecule has 0 N–H and O–H groups in total. The van der Waals surface area contributed by atoms with Crippen LogP contribution in [-0.4, -0.2) is 12.3 Å². The topological polar surface area (TPSA) is 52.3 Å². The van der Waals surface area contributed by atoms with Gasteiger partial charge in [-0.2, -0.15) is 0 Å². The van der Waals surface area contributed by atoms with Crippen LogP contribution in [0.5, 0.6) is 5.75 Å². The number of hydrogen-bond acceptors (Lipinski definition) is 4. The van der Waals surface area contributed by atoms with Crippen LogP contribution in [-0.2, 0) is 0 Å². The van der Waals surface area contributed by atoms with Gasteiger partial charge in [0.05, 0.1) is 12.5 Å². The maximum atomic E-state index is 11.8. The molecule has 4 heteroatoms. The first-order valence-electron chi connectivity index (χ1n) is 6.49. The molecular weight excluding hydrogens is 266 g/mol. The Bertz CT molecular complexity index is 848. The first kappa shape index (κ1) is 13.1. The van der Waals surface area contributed by atoms with E-state index < -0.39 is 0 Å². The average molecular weight is 279 g/mol. The maximum absolute atomic E-state index is 11.8. The van der Waals surface area contributed by atoms with Crippen molar-refractivity contribution in [2.45, 2.75) is 0 Å². The van der Waals surface area contributed by atoms with E-state index in [1.807, 2.05) is 42.5 Å². The standard InChI is InChI=1S/C17H13NO3/c1-20-13-9-6-12(7-10-13)8-11-15-14-4-2-3-5-16(19)17(14)21-18-15/h2-11H,1H3/b11-8+. The monoisotopic (exact) mass is 279 g/mol. The molecule has 4 nitrogen and oxygen atoms in total. The first-order chi connectivity index (χ1) is 10.3. The summed E-state index contributed by atoms with van der Waals surface area (Å²) in [4.78, 5) is 11.8. The molecule has 0 aliphatic heterocycles. The fourth-order valence-corrected chi connectivity index (χ4v) is 2.03. The van der Waals surface area contributed by atoms with Crippen molar-refractivity contribution in [3.8, 4) is 5.75 Å². The molecule has 2 aromatic carbocycles. The van der Waals surface area contributed by atoms with Gasteiger partial charge in [0.15, 0.2) is 0 Å². The molecule has 0 aliphatic rings. The molecule has 1 aromatic heterocycles. The highest BCUT2D eigenvalue weighted by atomic mass is 16.5. The number of hydrogen-bond donors (Lipinski definition) is 0. The number of aromatic nitrogens is 1. The fraction of sp³-hybridized carbons (Fsp3) is 0.0588. The van der Waals surface area contributed by atoms with Gasteiger partial charge in [-0.05, 0) is 35.9 Å². The number of benzene rings is 1. The third kappa shape index (κ3) is 2.69. The van der Waals surface area contributed by atoms with Crippen LogP contribution >= 0.6 is 0 Å². The number of fused-ring (bicyclic) bond motifs is 1. The van der Waals surface area contributed by atoms with Crippen molar-refractivity contribution in [1.82, 2.24) is 5.16 Å². The third-order valence-corrected chi connectivity index (χ3v) is 3.15. The van der Waals surface area contributed by atoms with E-state index in [1.165, 1.54) is 6.07 Å². The SMILES string of the molecule is COc1ccc(/C=C/c2noc3c(=O)ccccc23)cc1. The van der Waals surface area contributed by atoms with Crippen LogP contribution in [0.1, 0.15) is 11.3 Å². The Labute approximate surface area is 121 Å². The second kappa shape index (κ2) is 5.63. The number of ether oxygens (including phenoxy) is 1. The minimum Gasteiger partial charge on any atom is -0.497 e. The number of methoxy groups -OCH3 is 1. The highest BCUT2D eigenvalue weighted by Crippen LogP contribution is 2.18. The molecule has 3 aromatic rings. The molecule has 0 bridgehead atoms. The van der Waals surface area contributed by atoms with Gasteiger partial charge < -0.3 is 9.26 Å². The highest BCUT2D eigenvalue weighted by molar-refractivity contribution is 5.87. The lowest BCUT2D eigenvalue weighted by atomic mass is 10.1. The summed E-state index contributed by atoms with van der Waals surface area (Å²) in [5.41, 5.74) is 1.74. The summed E-state index contributed by atoms with van der Waals surface area (Å²) in [5.74, 6) is 0.807. The minimum atomic E-state index is -0.174. The van der Waals surface area contributed by atoms with E-state index in [0.717, 1.165) is 11.3 Å². The molecule has 1 heterocycles. The molecule has 0 spiro atoms. The van der Waals surface area contributed by atoms with Gasteiger partial charge in [-0.25, -0.2) is 0 Å². The lowest BCUT2D eigenvalue weighted by Gasteiger charge is -1.98. The van der Waals surface area contributed by atoms with Crippen molar-refractivity contribution in [3.05, 3.63) is 70.0 Å². The fourth-order valence-electron chi connectivity index (χ4n) is 2.03. The van der Waals surface area contributed by atoms with Crippen molar-refractivity contribution >= 4 is 23.1 Å². The van der Waals surface area contributed by atoms with Crippen LogP contribution in [0.4, 0.5) is 0 Å². The molecule has 0 amide bonds. The molecule has 0 saturated heterocycles. The molecular formula is C17H13NO3. The van der Waals surface area contributed by atoms with Crippen LogP contribution in [0.2, 0.25) is 0 Å². The van der Waals surface area contributed by atoms with Crippen LogP contribution in [0, 0.1) is 0 Å². The first-order valence-corrected chi connectivity index (χ1v) is 6.49. The zero-order valence-corrected chi connectivity index (χ0v) is 11.4. The maximum Gasteiger partial charge on any atom is 0.224 e. The largest absolute Gasteiger partial charge is 0.497 e. The molecule has 0 atom stereocenters. The summed E-state index contributed by atoms with van der Waals surface area (Å²) in [7, 11) is 1.63. The molecule has 21 heavy (non-hydrogen) atoms. The van der Waals surface area contributed by atoms with Gasteiger partial charge in [-0.15, -0.1) is 0 Å². The van der Waals surface area contributed by atoms with Crippen molar-refractivity contribution < 1.29 is 9.26 Å². The van der Waals surface area contributed by atoms with Gasteiger partial charge in [0.1, 0.15) is 11.4 Å². The smallest absolute Gasteiger partial charge is 0.224 e. The van der Waals surface area contributed by atoms with E-state index in [2.05, 4.69) is 5.16 Å². The zero-order valence-electron chi connectivity index (χ0n) is 11.4. The third-order valence-electron chi connectivity index (χ3n) is 3.15. The van der Waals surface area contributed by atoms with Crippen molar-refractivity contribution in [1.29, 1.82) is 0 Å². The lowest BCUT2D eigenvalue weighted by Crippen LogP contribution is -1.91. The summed E-state index contributed by atoms with van der Waals surface area (Å²) >= 11 is 0. The van der Waals surface area contributed by atoms with Gasteiger partial charge in [-0.1, -0.05) is 35.5 Å². The second-order valence-electron chi connectivity index (χ2n) is 4.50. The predicted molar refractivity (Wildman–Crippen MR) is 82.2 cm³/mol. The lowest BCUT2D eigenvalue weighted by molar-refractivity contribution is 0.415. The Hall–Kier alpha value is -2.88. The van der Waals surface area contributed by atoms with Crippen molar-refractivity contribution in [2.24, 2.45) is 0 Å². The minimum absolute atomic E-state index is 0.174. The molecule has 0 unspecified atom stereocenters. The Morgan fingerprint density at radius 3 is 2.57 bits per heavy atom. The summed E-state index contributed by atoms with van der Waals surface area (Å²) in [6, 6.07) is 14.4. The quantitative estimate of drug-likeness (QED) is 0.737. The van der Waals surface area contributed by atoms with Gasteiger partial charge in [-0.3, -0.25) is 4.79 Å². The van der Waals surface area contributed by atoms with Gasteiger partial charge in [0.2, 0.25) is 11.0 Å². The van der Waals surface area contributed by atoms with E-state index >= 15 is 0 Å². The van der Waals surface area contributed by atoms with E-state index in [9.17, 15) is 4.79 Å². The normalized spacial score (nSPS) is 11.1. The van der Waals surface area contributed by atoms with Crippen molar-refractivity contribution in [2.75, 3.05) is 7.11 Å². The molecule has 104 valence electrons. The summed E-state index contributed by atoms with van der Waals surface area (Å²) < 4.78 is 10.2. The summed E-state index contributed by atoms with van der Waals surface area (Å²) in [5, 5.41) is 4.65. The molecule has 0 saturated carbocycles. The van der Waals surface area contributed by atoms with E-state index in [-0.39, 0.29) is 11.0 Å². The molecule has 0 radical (unpaired) electrons. The van der Waals surface area contributed by atoms with Gasteiger partial charge in [0, 0.05) is 0 Å². The second-order valence-corrected chi connectivity index (χ2v) is 4.50.